The maximum Gasteiger partial charge on any atom is 0.164 e. The second-order valence-electron chi connectivity index (χ2n) is 3.39. The highest BCUT2D eigenvalue weighted by Gasteiger charge is 2.09. The van der Waals surface area contributed by atoms with E-state index in [2.05, 4.69) is 26.0 Å². The van der Waals surface area contributed by atoms with E-state index in [0.29, 0.717) is 33.4 Å². The van der Waals surface area contributed by atoms with Crippen molar-refractivity contribution in [3.8, 4) is 5.75 Å². The lowest BCUT2D eigenvalue weighted by Gasteiger charge is -2.10. The normalized spacial score (nSPS) is 10.5. The van der Waals surface area contributed by atoms with Gasteiger partial charge in [-0.2, -0.15) is 5.10 Å². The maximum atomic E-state index is 5.86. The Morgan fingerprint density at radius 3 is 2.88 bits per heavy atom. The fourth-order valence-corrected chi connectivity index (χ4v) is 2.27. The third-order valence-corrected chi connectivity index (χ3v) is 3.00. The van der Waals surface area contributed by atoms with E-state index in [9.17, 15) is 0 Å². The molecule has 2 aromatic rings. The lowest BCUT2D eigenvalue weighted by Crippen LogP contribution is -2.06. The van der Waals surface area contributed by atoms with Gasteiger partial charge in [-0.1, -0.05) is 11.6 Å². The van der Waals surface area contributed by atoms with Crippen LogP contribution in [0.25, 0.3) is 0 Å². The zero-order valence-electron chi connectivity index (χ0n) is 9.02. The van der Waals surface area contributed by atoms with E-state index in [4.69, 9.17) is 22.1 Å². The van der Waals surface area contributed by atoms with Crippen LogP contribution in [0.3, 0.4) is 0 Å². The Morgan fingerprint density at radius 1 is 1.53 bits per heavy atom. The van der Waals surface area contributed by atoms with Gasteiger partial charge in [0, 0.05) is 12.1 Å². The minimum Gasteiger partial charge on any atom is -0.482 e. The van der Waals surface area contributed by atoms with Crippen molar-refractivity contribution >= 4 is 33.2 Å². The first-order valence-corrected chi connectivity index (χ1v) is 5.95. The minimum absolute atomic E-state index is 0.293. The minimum atomic E-state index is 0.293. The number of aryl methyl sites for hydroxylation is 1. The smallest absolute Gasteiger partial charge is 0.164 e. The topological polar surface area (TPSA) is 66.0 Å². The van der Waals surface area contributed by atoms with Crippen LogP contribution in [-0.2, 0) is 13.7 Å². The summed E-state index contributed by atoms with van der Waals surface area (Å²) in [5, 5.41) is 4.51. The molecule has 0 atom stereocenters. The number of halogens is 2. The van der Waals surface area contributed by atoms with Crippen LogP contribution >= 0.6 is 27.5 Å². The van der Waals surface area contributed by atoms with Gasteiger partial charge in [-0.15, -0.1) is 0 Å². The summed E-state index contributed by atoms with van der Waals surface area (Å²) in [5.41, 5.74) is 6.30. The first kappa shape index (κ1) is 12.2. The van der Waals surface area contributed by atoms with Crippen molar-refractivity contribution < 1.29 is 4.74 Å². The number of ether oxygens (including phenoxy) is 1. The fraction of sp³-hybridized carbons (Fsp3) is 0.200. The van der Waals surface area contributed by atoms with E-state index in [1.54, 1.807) is 23.9 Å². The Hall–Kier alpha value is -1.27. The summed E-state index contributed by atoms with van der Waals surface area (Å²) in [6.45, 7) is 0.293. The highest BCUT2D eigenvalue weighted by atomic mass is 79.9. The summed E-state index contributed by atoms with van der Waals surface area (Å²) in [4.78, 5) is 4.05. The molecule has 7 heteroatoms. The molecule has 17 heavy (non-hydrogen) atoms. The second kappa shape index (κ2) is 4.93. The second-order valence-corrected chi connectivity index (χ2v) is 4.69. The first-order valence-electron chi connectivity index (χ1n) is 4.78. The monoisotopic (exact) mass is 316 g/mol. The van der Waals surface area contributed by atoms with Gasteiger partial charge in [0.1, 0.15) is 12.9 Å². The predicted octanol–water partition coefficient (Wildman–Crippen LogP) is 2.39. The molecule has 0 spiro atoms. The van der Waals surface area contributed by atoms with Gasteiger partial charge in [-0.05, 0) is 28.1 Å². The number of aromatic nitrogens is 3. The van der Waals surface area contributed by atoms with Crippen LogP contribution in [-0.4, -0.2) is 14.8 Å². The Kier molecular flexibility index (Phi) is 3.54. The largest absolute Gasteiger partial charge is 0.482 e. The number of nitrogen functional groups attached to an aromatic ring is 1. The predicted molar refractivity (Wildman–Crippen MR) is 68.9 cm³/mol. The molecule has 0 aliphatic rings. The molecule has 0 bridgehead atoms. The standard InChI is InChI=1S/C10H10BrClN4O/c1-16-9(14-5-15-16)4-17-10-7(11)2-6(12)3-8(10)13/h2-3,5H,4,13H2,1H3. The van der Waals surface area contributed by atoms with Gasteiger partial charge >= 0.3 is 0 Å². The van der Waals surface area contributed by atoms with Crippen molar-refractivity contribution in [3.63, 3.8) is 0 Å². The van der Waals surface area contributed by atoms with Gasteiger partial charge in [0.05, 0.1) is 10.2 Å². The van der Waals surface area contributed by atoms with E-state index in [0.717, 1.165) is 0 Å². The number of nitrogens with two attached hydrogens (primary N) is 1. The van der Waals surface area contributed by atoms with Crippen molar-refractivity contribution in [1.82, 2.24) is 14.8 Å². The van der Waals surface area contributed by atoms with Crippen LogP contribution in [0.1, 0.15) is 5.82 Å². The number of nitrogens with zero attached hydrogens (tertiary/aromatic N) is 3. The Morgan fingerprint density at radius 2 is 2.29 bits per heavy atom. The number of rotatable bonds is 3. The van der Waals surface area contributed by atoms with Gasteiger partial charge in [-0.3, -0.25) is 4.68 Å². The third kappa shape index (κ3) is 2.70. The third-order valence-electron chi connectivity index (χ3n) is 2.19. The van der Waals surface area contributed by atoms with Gasteiger partial charge in [0.15, 0.2) is 11.6 Å². The molecule has 5 nitrogen and oxygen atoms in total. The summed E-state index contributed by atoms with van der Waals surface area (Å²) in [5.74, 6) is 1.27. The number of hydrogen-bond acceptors (Lipinski definition) is 4. The zero-order chi connectivity index (χ0) is 12.4. The molecule has 0 amide bonds. The molecule has 1 heterocycles. The Labute approximate surface area is 112 Å². The molecule has 0 aliphatic carbocycles. The summed E-state index contributed by atoms with van der Waals surface area (Å²) in [6, 6.07) is 3.36. The molecule has 1 aromatic heterocycles. The molecule has 0 saturated carbocycles. The van der Waals surface area contributed by atoms with Crippen LogP contribution in [0.4, 0.5) is 5.69 Å². The van der Waals surface area contributed by atoms with Gasteiger partial charge in [0.25, 0.3) is 0 Å². The molecule has 0 radical (unpaired) electrons. The van der Waals surface area contributed by atoms with Crippen LogP contribution in [0.2, 0.25) is 5.02 Å². The molecule has 0 aliphatic heterocycles. The van der Waals surface area contributed by atoms with Crippen LogP contribution in [0.15, 0.2) is 22.9 Å². The summed E-state index contributed by atoms with van der Waals surface area (Å²) in [7, 11) is 1.80. The van der Waals surface area contributed by atoms with Crippen LogP contribution < -0.4 is 10.5 Å². The molecule has 2 N–H and O–H groups in total. The quantitative estimate of drug-likeness (QED) is 0.883. The molecule has 0 saturated heterocycles. The van der Waals surface area contributed by atoms with Crippen molar-refractivity contribution in [1.29, 1.82) is 0 Å². The van der Waals surface area contributed by atoms with E-state index >= 15 is 0 Å². The summed E-state index contributed by atoms with van der Waals surface area (Å²) >= 11 is 9.20. The molecule has 1 aromatic carbocycles. The Balaban J connectivity index is 2.17. The number of hydrogen-bond donors (Lipinski definition) is 1. The SMILES string of the molecule is Cn1ncnc1COc1c(N)cc(Cl)cc1Br. The molecule has 90 valence electrons. The van der Waals surface area contributed by atoms with E-state index in [1.165, 1.54) is 6.33 Å². The molecule has 2 rings (SSSR count). The average Bonchev–Trinajstić information content (AvgIpc) is 2.62. The lowest BCUT2D eigenvalue weighted by atomic mass is 10.3. The zero-order valence-corrected chi connectivity index (χ0v) is 11.4. The number of anilines is 1. The van der Waals surface area contributed by atoms with Crippen molar-refractivity contribution in [2.45, 2.75) is 6.61 Å². The fourth-order valence-electron chi connectivity index (χ4n) is 1.32. The van der Waals surface area contributed by atoms with Gasteiger partial charge in [-0.25, -0.2) is 4.98 Å². The molecular weight excluding hydrogens is 307 g/mol. The first-order chi connectivity index (χ1) is 8.08. The number of benzene rings is 1. The molecular formula is C10H10BrClN4O. The van der Waals surface area contributed by atoms with Crippen LogP contribution in [0, 0.1) is 0 Å². The van der Waals surface area contributed by atoms with Gasteiger partial charge < -0.3 is 10.5 Å². The highest BCUT2D eigenvalue weighted by molar-refractivity contribution is 9.10. The van der Waals surface area contributed by atoms with E-state index in [-0.39, 0.29) is 0 Å². The maximum absolute atomic E-state index is 5.86. The highest BCUT2D eigenvalue weighted by Crippen LogP contribution is 2.34. The summed E-state index contributed by atoms with van der Waals surface area (Å²) in [6.07, 6.45) is 1.47. The Bertz CT molecular complexity index is 520. The van der Waals surface area contributed by atoms with E-state index in [1.807, 2.05) is 0 Å². The van der Waals surface area contributed by atoms with E-state index < -0.39 is 0 Å². The lowest BCUT2D eigenvalue weighted by molar-refractivity contribution is 0.289. The molecule has 0 fully saturated rings. The van der Waals surface area contributed by atoms with Crippen molar-refractivity contribution in [2.75, 3.05) is 5.73 Å². The summed E-state index contributed by atoms with van der Waals surface area (Å²) < 4.78 is 7.95. The van der Waals surface area contributed by atoms with Crippen molar-refractivity contribution in [2.24, 2.45) is 7.05 Å². The van der Waals surface area contributed by atoms with Gasteiger partial charge in [0.2, 0.25) is 0 Å². The van der Waals surface area contributed by atoms with Crippen LogP contribution in [0.5, 0.6) is 5.75 Å². The van der Waals surface area contributed by atoms with Crippen molar-refractivity contribution in [3.05, 3.63) is 33.8 Å². The average molecular weight is 318 g/mol. The molecule has 0 unspecified atom stereocenters.